The zero-order chi connectivity index (χ0) is 15.9. The first-order chi connectivity index (χ1) is 10.4. The predicted molar refractivity (Wildman–Crippen MR) is 82.9 cm³/mol. The van der Waals surface area contributed by atoms with Gasteiger partial charge in [0, 0.05) is 0 Å². The zero-order valence-electron chi connectivity index (χ0n) is 12.4. The number of hydrogen-bond donors (Lipinski definition) is 0. The smallest absolute Gasteiger partial charge is 0.424 e. The third kappa shape index (κ3) is 2.33. The van der Waals surface area contributed by atoms with Crippen molar-refractivity contribution < 1.29 is 17.9 Å². The molecule has 6 heteroatoms. The summed E-state index contributed by atoms with van der Waals surface area (Å²) >= 11 is 0. The van der Waals surface area contributed by atoms with Gasteiger partial charge in [-0.05, 0) is 28.8 Å². The van der Waals surface area contributed by atoms with Gasteiger partial charge in [-0.15, -0.1) is 0 Å². The summed E-state index contributed by atoms with van der Waals surface area (Å²) < 4.78 is 31.5. The number of carbonyl (C=O) groups is 1. The van der Waals surface area contributed by atoms with Gasteiger partial charge in [-0.1, -0.05) is 44.2 Å². The Hall–Kier alpha value is -2.08. The van der Waals surface area contributed by atoms with E-state index in [1.54, 1.807) is 12.1 Å². The molecule has 22 heavy (non-hydrogen) atoms. The number of rotatable bonds is 3. The molecule has 3 rings (SSSR count). The number of amides is 1. The van der Waals surface area contributed by atoms with Crippen LogP contribution in [0.25, 0.3) is 10.8 Å². The van der Waals surface area contributed by atoms with Crippen LogP contribution in [0.15, 0.2) is 47.4 Å². The predicted octanol–water partition coefficient (Wildman–Crippen LogP) is 3.01. The number of fused-ring (bicyclic) bond motifs is 1. The normalized spacial score (nSPS) is 19.0. The number of carbonyl (C=O) groups excluding carboxylic acids is 1. The van der Waals surface area contributed by atoms with Crippen LogP contribution >= 0.6 is 0 Å². The lowest BCUT2D eigenvalue weighted by Gasteiger charge is -2.23. The molecular formula is C16H17NO4S. The number of benzene rings is 2. The van der Waals surface area contributed by atoms with Crippen molar-refractivity contribution in [2.24, 2.45) is 5.92 Å². The highest BCUT2D eigenvalue weighted by Gasteiger charge is 2.43. The lowest BCUT2D eigenvalue weighted by molar-refractivity contribution is 0.169. The number of hydrogen-bond acceptors (Lipinski definition) is 4. The summed E-state index contributed by atoms with van der Waals surface area (Å²) in [5, 5.41) is 1.77. The molecule has 0 aliphatic carbocycles. The maximum Gasteiger partial charge on any atom is 0.424 e. The third-order valence-corrected chi connectivity index (χ3v) is 5.69. The zero-order valence-corrected chi connectivity index (χ0v) is 13.2. The first-order valence-electron chi connectivity index (χ1n) is 7.11. The fourth-order valence-electron chi connectivity index (χ4n) is 2.60. The van der Waals surface area contributed by atoms with Crippen LogP contribution in [-0.2, 0) is 14.8 Å². The van der Waals surface area contributed by atoms with Gasteiger partial charge < -0.3 is 4.74 Å². The average Bonchev–Trinajstić information content (AvgIpc) is 2.89. The molecule has 0 saturated carbocycles. The summed E-state index contributed by atoms with van der Waals surface area (Å²) in [6, 6.07) is 11.9. The Morgan fingerprint density at radius 2 is 1.82 bits per heavy atom. The Bertz CT molecular complexity index is 829. The summed E-state index contributed by atoms with van der Waals surface area (Å²) in [5.74, 6) is -0.0123. The van der Waals surface area contributed by atoms with Gasteiger partial charge in [0.15, 0.2) is 0 Å². The molecule has 0 N–H and O–H groups in total. The first-order valence-corrected chi connectivity index (χ1v) is 8.55. The van der Waals surface area contributed by atoms with Crippen LogP contribution in [0.4, 0.5) is 4.79 Å². The lowest BCUT2D eigenvalue weighted by Crippen LogP contribution is -2.41. The topological polar surface area (TPSA) is 63.7 Å². The molecule has 0 aromatic heterocycles. The fourth-order valence-corrected chi connectivity index (χ4v) is 4.26. The lowest BCUT2D eigenvalue weighted by atomic mass is 10.1. The van der Waals surface area contributed by atoms with E-state index in [4.69, 9.17) is 4.74 Å². The van der Waals surface area contributed by atoms with Crippen LogP contribution in [0.5, 0.6) is 0 Å². The second-order valence-corrected chi connectivity index (χ2v) is 7.51. The number of ether oxygens (including phenoxy) is 1. The van der Waals surface area contributed by atoms with E-state index >= 15 is 0 Å². The Morgan fingerprint density at radius 1 is 1.14 bits per heavy atom. The van der Waals surface area contributed by atoms with Gasteiger partial charge in [-0.3, -0.25) is 0 Å². The number of nitrogens with zero attached hydrogens (tertiary/aromatic N) is 1. The monoisotopic (exact) mass is 319 g/mol. The van der Waals surface area contributed by atoms with Crippen molar-refractivity contribution in [1.82, 2.24) is 4.31 Å². The third-order valence-electron chi connectivity index (χ3n) is 3.91. The minimum Gasteiger partial charge on any atom is -0.446 e. The van der Waals surface area contributed by atoms with E-state index in [9.17, 15) is 13.2 Å². The average molecular weight is 319 g/mol. The number of cyclic esters (lactones) is 1. The van der Waals surface area contributed by atoms with Gasteiger partial charge >= 0.3 is 6.09 Å². The molecule has 1 fully saturated rings. The summed E-state index contributed by atoms with van der Waals surface area (Å²) in [4.78, 5) is 12.0. The molecule has 1 heterocycles. The molecule has 0 spiro atoms. The van der Waals surface area contributed by atoms with Gasteiger partial charge in [-0.2, -0.15) is 4.31 Å². The van der Waals surface area contributed by atoms with Crippen LogP contribution < -0.4 is 0 Å². The highest BCUT2D eigenvalue weighted by molar-refractivity contribution is 7.89. The molecule has 2 aromatic rings. The van der Waals surface area contributed by atoms with Gasteiger partial charge in [0.1, 0.15) is 6.61 Å². The molecule has 116 valence electrons. The van der Waals surface area contributed by atoms with Gasteiger partial charge in [-0.25, -0.2) is 13.2 Å². The van der Waals surface area contributed by atoms with E-state index in [-0.39, 0.29) is 17.4 Å². The van der Waals surface area contributed by atoms with Crippen LogP contribution in [0.3, 0.4) is 0 Å². The first kappa shape index (κ1) is 14.8. The quantitative estimate of drug-likeness (QED) is 0.872. The van der Waals surface area contributed by atoms with Crippen molar-refractivity contribution in [2.75, 3.05) is 6.61 Å². The Labute approximate surface area is 129 Å². The van der Waals surface area contributed by atoms with E-state index in [2.05, 4.69) is 0 Å². The molecule has 1 amide bonds. The molecule has 0 bridgehead atoms. The summed E-state index contributed by atoms with van der Waals surface area (Å²) in [6.45, 7) is 3.84. The fraction of sp³-hybridized carbons (Fsp3) is 0.312. The molecule has 5 nitrogen and oxygen atoms in total. The van der Waals surface area contributed by atoms with Crippen molar-refractivity contribution in [1.29, 1.82) is 0 Å². The van der Waals surface area contributed by atoms with Crippen molar-refractivity contribution in [3.05, 3.63) is 42.5 Å². The van der Waals surface area contributed by atoms with E-state index in [0.29, 0.717) is 0 Å². The summed E-state index contributed by atoms with van der Waals surface area (Å²) in [6.07, 6.45) is -0.799. The number of sulfonamides is 1. The SMILES string of the molecule is CC(C)[C@H]1COC(=O)N1S(=O)(=O)c1ccc2ccccc2c1. The molecule has 1 aliphatic heterocycles. The molecule has 1 aliphatic rings. The Kier molecular flexibility index (Phi) is 3.56. The second kappa shape index (κ2) is 5.28. The molecule has 0 unspecified atom stereocenters. The maximum absolute atomic E-state index is 12.8. The Morgan fingerprint density at radius 3 is 2.50 bits per heavy atom. The van der Waals surface area contributed by atoms with E-state index in [1.165, 1.54) is 6.07 Å². The standard InChI is InChI=1S/C16H17NO4S/c1-11(2)15-10-21-16(18)17(15)22(19,20)14-8-7-12-5-3-4-6-13(12)9-14/h3-9,11,15H,10H2,1-2H3/t15-/m1/s1. The highest BCUT2D eigenvalue weighted by atomic mass is 32.2. The van der Waals surface area contributed by atoms with Gasteiger partial charge in [0.25, 0.3) is 10.0 Å². The molecule has 0 radical (unpaired) electrons. The maximum atomic E-state index is 12.8. The highest BCUT2D eigenvalue weighted by Crippen LogP contribution is 2.29. The van der Waals surface area contributed by atoms with E-state index in [0.717, 1.165) is 15.1 Å². The molecule has 2 aromatic carbocycles. The molecular weight excluding hydrogens is 302 g/mol. The minimum atomic E-state index is -3.91. The van der Waals surface area contributed by atoms with Gasteiger partial charge in [0.05, 0.1) is 10.9 Å². The molecule has 1 saturated heterocycles. The van der Waals surface area contributed by atoms with Crippen molar-refractivity contribution in [2.45, 2.75) is 24.8 Å². The van der Waals surface area contributed by atoms with Crippen molar-refractivity contribution in [3.8, 4) is 0 Å². The van der Waals surface area contributed by atoms with Crippen LogP contribution in [-0.4, -0.2) is 31.5 Å². The van der Waals surface area contributed by atoms with Crippen LogP contribution in [0.2, 0.25) is 0 Å². The van der Waals surface area contributed by atoms with Gasteiger partial charge in [0.2, 0.25) is 0 Å². The summed E-state index contributed by atoms with van der Waals surface area (Å²) in [7, 11) is -3.91. The Balaban J connectivity index is 2.09. The van der Waals surface area contributed by atoms with E-state index in [1.807, 2.05) is 38.1 Å². The van der Waals surface area contributed by atoms with E-state index < -0.39 is 22.2 Å². The molecule has 1 atom stereocenters. The largest absolute Gasteiger partial charge is 0.446 e. The van der Waals surface area contributed by atoms with Crippen LogP contribution in [0, 0.1) is 5.92 Å². The minimum absolute atomic E-state index is 0.0123. The second-order valence-electron chi connectivity index (χ2n) is 5.70. The van der Waals surface area contributed by atoms with Crippen molar-refractivity contribution in [3.63, 3.8) is 0 Å². The summed E-state index contributed by atoms with van der Waals surface area (Å²) in [5.41, 5.74) is 0. The van der Waals surface area contributed by atoms with Crippen molar-refractivity contribution >= 4 is 26.9 Å². The van der Waals surface area contributed by atoms with Crippen LogP contribution in [0.1, 0.15) is 13.8 Å².